The third kappa shape index (κ3) is 3.65. The molecule has 218 valence electrons. The van der Waals surface area contributed by atoms with Crippen LogP contribution in [0.25, 0.3) is 0 Å². The second-order valence-electron chi connectivity index (χ2n) is 11.2. The van der Waals surface area contributed by atoms with E-state index in [1.165, 1.54) is 25.3 Å². The van der Waals surface area contributed by atoms with Crippen molar-refractivity contribution in [3.63, 3.8) is 0 Å². The third-order valence-corrected chi connectivity index (χ3v) is 9.62. The predicted octanol–water partition coefficient (Wildman–Crippen LogP) is 4.19. The maximum absolute atomic E-state index is 14.3. The molecular weight excluding hydrogens is 571 g/mol. The summed E-state index contributed by atoms with van der Waals surface area (Å²) in [6.45, 7) is 1.68. The molecule has 4 aliphatic rings. The lowest BCUT2D eigenvalue weighted by atomic mass is 9.51. The SMILES string of the molecule is COC(=O)N1C(=O)C2CC=C3C(CC4C(=O)N(c5ccc(F)c(Cl)c5)C(=O)C4(C)C3c3ccc(O)c(OC)c3)C2C1=O. The number of phenolic OH excluding ortho intramolecular Hbond substituents is 1. The number of benzene rings is 2. The number of nitrogens with zero attached hydrogens (tertiary/aromatic N) is 2. The van der Waals surface area contributed by atoms with Gasteiger partial charge in [-0.3, -0.25) is 19.2 Å². The number of fused-ring (bicyclic) bond motifs is 4. The van der Waals surface area contributed by atoms with Gasteiger partial charge in [-0.15, -0.1) is 0 Å². The van der Waals surface area contributed by atoms with Gasteiger partial charge in [0.15, 0.2) is 11.5 Å². The van der Waals surface area contributed by atoms with Crippen molar-refractivity contribution in [3.8, 4) is 11.5 Å². The third-order valence-electron chi connectivity index (χ3n) is 9.33. The molecule has 2 aliphatic carbocycles. The number of carbonyl (C=O) groups is 5. The van der Waals surface area contributed by atoms with Crippen LogP contribution in [0.3, 0.4) is 0 Å². The van der Waals surface area contributed by atoms with Crippen LogP contribution in [0.5, 0.6) is 11.5 Å². The van der Waals surface area contributed by atoms with Gasteiger partial charge in [0.25, 0.3) is 0 Å². The molecule has 10 nitrogen and oxygen atoms in total. The first-order valence-electron chi connectivity index (χ1n) is 13.3. The summed E-state index contributed by atoms with van der Waals surface area (Å²) in [7, 11) is 2.46. The molecule has 2 aromatic rings. The molecule has 0 bridgehead atoms. The minimum atomic E-state index is -1.37. The van der Waals surface area contributed by atoms with Crippen molar-refractivity contribution in [2.24, 2.45) is 29.1 Å². The highest BCUT2D eigenvalue weighted by Crippen LogP contribution is 2.64. The molecule has 0 aromatic heterocycles. The Morgan fingerprint density at radius 2 is 1.79 bits per heavy atom. The Hall–Kier alpha value is -4.25. The first-order chi connectivity index (χ1) is 19.9. The number of phenols is 1. The van der Waals surface area contributed by atoms with Gasteiger partial charge in [-0.1, -0.05) is 29.3 Å². The molecule has 1 N–H and O–H groups in total. The number of hydrogen-bond donors (Lipinski definition) is 1. The molecule has 1 saturated carbocycles. The van der Waals surface area contributed by atoms with E-state index in [0.717, 1.165) is 18.1 Å². The zero-order valence-electron chi connectivity index (χ0n) is 22.8. The summed E-state index contributed by atoms with van der Waals surface area (Å²) >= 11 is 6.01. The standard InChI is InChI=1S/C30H26ClFN2O8/c1-30-18(26(37)33(28(30)39)14-5-8-20(32)19(31)11-14)12-17-15(24(30)13-4-9-21(35)22(10-13)41-2)6-7-16-23(17)27(38)34(25(16)36)29(40)42-3/h4-6,8-11,16-18,23-24,35H,7,12H2,1-3H3. The average molecular weight is 597 g/mol. The number of ether oxygens (including phenoxy) is 2. The van der Waals surface area contributed by atoms with E-state index in [-0.39, 0.29) is 35.1 Å². The predicted molar refractivity (Wildman–Crippen MR) is 145 cm³/mol. The summed E-state index contributed by atoms with van der Waals surface area (Å²) in [6.07, 6.45) is 0.936. The van der Waals surface area contributed by atoms with E-state index in [0.29, 0.717) is 16.0 Å². The Labute approximate surface area is 244 Å². The van der Waals surface area contributed by atoms with E-state index in [9.17, 15) is 33.5 Å². The van der Waals surface area contributed by atoms with Gasteiger partial charge in [0.05, 0.1) is 48.1 Å². The first-order valence-corrected chi connectivity index (χ1v) is 13.7. The van der Waals surface area contributed by atoms with E-state index in [1.807, 2.05) is 6.08 Å². The molecule has 0 radical (unpaired) electrons. The maximum atomic E-state index is 14.3. The number of halogens is 2. The van der Waals surface area contributed by atoms with E-state index in [4.69, 9.17) is 16.3 Å². The maximum Gasteiger partial charge on any atom is 0.423 e. The second kappa shape index (κ2) is 9.65. The molecule has 0 spiro atoms. The molecule has 12 heteroatoms. The molecule has 5 amide bonds. The van der Waals surface area contributed by atoms with Crippen LogP contribution >= 0.6 is 11.6 Å². The van der Waals surface area contributed by atoms with Crippen LogP contribution in [0.1, 0.15) is 31.2 Å². The quantitative estimate of drug-likeness (QED) is 0.412. The van der Waals surface area contributed by atoms with Crippen molar-refractivity contribution >= 4 is 47.0 Å². The van der Waals surface area contributed by atoms with Gasteiger partial charge in [0.2, 0.25) is 23.6 Å². The monoisotopic (exact) mass is 596 g/mol. The number of aromatic hydroxyl groups is 1. The van der Waals surface area contributed by atoms with Crippen LogP contribution in [0.15, 0.2) is 48.0 Å². The van der Waals surface area contributed by atoms with E-state index in [1.54, 1.807) is 19.1 Å². The molecule has 6 atom stereocenters. The van der Waals surface area contributed by atoms with Crippen molar-refractivity contribution in [1.29, 1.82) is 0 Å². The van der Waals surface area contributed by atoms with Crippen LogP contribution < -0.4 is 9.64 Å². The number of amides is 5. The molecule has 6 unspecified atom stereocenters. The highest BCUT2D eigenvalue weighted by molar-refractivity contribution is 6.31. The fraction of sp³-hybridized carbons (Fsp3) is 0.367. The lowest BCUT2D eigenvalue weighted by Crippen LogP contribution is -2.49. The molecule has 2 aromatic carbocycles. The Morgan fingerprint density at radius 3 is 2.45 bits per heavy atom. The van der Waals surface area contributed by atoms with Gasteiger partial charge < -0.3 is 14.6 Å². The van der Waals surface area contributed by atoms with E-state index >= 15 is 0 Å². The molecule has 3 fully saturated rings. The summed E-state index contributed by atoms with van der Waals surface area (Å²) in [5.41, 5.74) is -0.0418. The van der Waals surface area contributed by atoms with Gasteiger partial charge in [0.1, 0.15) is 5.82 Å². The molecular formula is C30H26ClFN2O8. The largest absolute Gasteiger partial charge is 0.504 e. The smallest absolute Gasteiger partial charge is 0.423 e. The van der Waals surface area contributed by atoms with Crippen LogP contribution in [0.2, 0.25) is 5.02 Å². The fourth-order valence-corrected chi connectivity index (χ4v) is 7.59. The summed E-state index contributed by atoms with van der Waals surface area (Å²) in [4.78, 5) is 69.1. The van der Waals surface area contributed by atoms with Crippen molar-refractivity contribution in [2.45, 2.75) is 25.7 Å². The number of imide groups is 4. The lowest BCUT2D eigenvalue weighted by Gasteiger charge is -2.49. The molecule has 2 saturated heterocycles. The Kier molecular flexibility index (Phi) is 6.41. The average Bonchev–Trinajstić information content (AvgIpc) is 3.34. The number of carbonyl (C=O) groups excluding carboxylic acids is 5. The second-order valence-corrected chi connectivity index (χ2v) is 11.6. The van der Waals surface area contributed by atoms with Gasteiger partial charge in [-0.25, -0.2) is 14.1 Å². The summed E-state index contributed by atoms with van der Waals surface area (Å²) < 4.78 is 24.0. The van der Waals surface area contributed by atoms with Crippen LogP contribution in [0.4, 0.5) is 14.9 Å². The van der Waals surface area contributed by atoms with Crippen molar-refractivity contribution < 1.29 is 42.9 Å². The van der Waals surface area contributed by atoms with E-state index < -0.39 is 70.5 Å². The highest BCUT2D eigenvalue weighted by Gasteiger charge is 2.68. The number of hydrogen-bond acceptors (Lipinski definition) is 8. The number of anilines is 1. The number of allylic oxidation sites excluding steroid dienone is 2. The Balaban J connectivity index is 1.53. The molecule has 6 rings (SSSR count). The van der Waals surface area contributed by atoms with Gasteiger partial charge in [0, 0.05) is 5.92 Å². The van der Waals surface area contributed by atoms with E-state index in [2.05, 4.69) is 4.74 Å². The fourth-order valence-electron chi connectivity index (χ4n) is 7.41. The van der Waals surface area contributed by atoms with Crippen LogP contribution in [0, 0.1) is 34.9 Å². The molecule has 2 heterocycles. The van der Waals surface area contributed by atoms with Crippen molar-refractivity contribution in [2.75, 3.05) is 19.1 Å². The van der Waals surface area contributed by atoms with Crippen LogP contribution in [-0.4, -0.2) is 53.9 Å². The van der Waals surface area contributed by atoms with Crippen molar-refractivity contribution in [3.05, 3.63) is 64.5 Å². The van der Waals surface area contributed by atoms with Crippen molar-refractivity contribution in [1.82, 2.24) is 4.90 Å². The zero-order valence-corrected chi connectivity index (χ0v) is 23.6. The van der Waals surface area contributed by atoms with Crippen LogP contribution in [-0.2, 0) is 23.9 Å². The van der Waals surface area contributed by atoms with Gasteiger partial charge in [-0.2, -0.15) is 4.90 Å². The Bertz CT molecular complexity index is 1620. The number of rotatable bonds is 3. The molecule has 2 aliphatic heterocycles. The summed E-state index contributed by atoms with van der Waals surface area (Å²) in [5, 5.41) is 10.0. The topological polar surface area (TPSA) is 131 Å². The van der Waals surface area contributed by atoms with Gasteiger partial charge >= 0.3 is 6.09 Å². The number of methoxy groups -OCH3 is 2. The first kappa shape index (κ1) is 27.9. The van der Waals surface area contributed by atoms with Gasteiger partial charge in [-0.05, 0) is 61.6 Å². The highest BCUT2D eigenvalue weighted by atomic mass is 35.5. The molecule has 42 heavy (non-hydrogen) atoms. The minimum Gasteiger partial charge on any atom is -0.504 e. The Morgan fingerprint density at radius 1 is 1.05 bits per heavy atom. The summed E-state index contributed by atoms with van der Waals surface area (Å²) in [5.74, 6) is -7.32. The zero-order chi connectivity index (χ0) is 30.2. The normalized spacial score (nSPS) is 30.1. The number of likely N-dealkylation sites (tertiary alicyclic amines) is 1. The lowest BCUT2D eigenvalue weighted by molar-refractivity contribution is -0.138. The minimum absolute atomic E-state index is 0.0548. The summed E-state index contributed by atoms with van der Waals surface area (Å²) in [6, 6.07) is 8.20.